The number of hydrogen-bond acceptors (Lipinski definition) is 5. The lowest BCUT2D eigenvalue weighted by Crippen LogP contribution is -2.36. The fraction of sp³-hybridized carbons (Fsp3) is 0.455. The Morgan fingerprint density at radius 3 is 2.40 bits per heavy atom. The van der Waals surface area contributed by atoms with Crippen molar-refractivity contribution in [3.63, 3.8) is 0 Å². The Hall–Kier alpha value is -2.07. The van der Waals surface area contributed by atoms with Gasteiger partial charge >= 0.3 is 0 Å². The Labute approximate surface area is 196 Å². The van der Waals surface area contributed by atoms with Crippen LogP contribution in [-0.4, -0.2) is 43.9 Å². The normalized spacial score (nSPS) is 11.4. The maximum Gasteiger partial charge on any atom is 0.213 e. The highest BCUT2D eigenvalue weighted by molar-refractivity contribution is 14.0. The first kappa shape index (κ1) is 26.0. The van der Waals surface area contributed by atoms with Gasteiger partial charge in [0.1, 0.15) is 18.0 Å². The van der Waals surface area contributed by atoms with Crippen LogP contribution in [0.3, 0.4) is 0 Å². The van der Waals surface area contributed by atoms with Gasteiger partial charge in [-0.1, -0.05) is 24.3 Å². The fourth-order valence-electron chi connectivity index (χ4n) is 2.50. The van der Waals surface area contributed by atoms with Crippen LogP contribution in [0, 0.1) is 0 Å². The van der Waals surface area contributed by atoms with Crippen LogP contribution >= 0.6 is 24.0 Å². The van der Waals surface area contributed by atoms with E-state index in [4.69, 9.17) is 14.2 Å². The maximum atomic E-state index is 6.05. The number of guanidine groups is 1. The largest absolute Gasteiger partial charge is 0.488 e. The summed E-state index contributed by atoms with van der Waals surface area (Å²) in [5, 5.41) is 6.62. The van der Waals surface area contributed by atoms with Gasteiger partial charge in [-0.3, -0.25) is 4.99 Å². The van der Waals surface area contributed by atoms with E-state index in [9.17, 15) is 0 Å². The first-order valence-electron chi connectivity index (χ1n) is 9.69. The smallest absolute Gasteiger partial charge is 0.213 e. The van der Waals surface area contributed by atoms with Gasteiger partial charge in [-0.05, 0) is 32.4 Å². The molecule has 7 nitrogen and oxygen atoms in total. The summed E-state index contributed by atoms with van der Waals surface area (Å²) in [5.41, 5.74) is 1.86. The molecule has 8 heteroatoms. The summed E-state index contributed by atoms with van der Waals surface area (Å²) >= 11 is 0. The summed E-state index contributed by atoms with van der Waals surface area (Å²) in [6, 6.07) is 11.8. The van der Waals surface area contributed by atoms with E-state index in [-0.39, 0.29) is 29.6 Å². The van der Waals surface area contributed by atoms with E-state index in [0.717, 1.165) is 16.9 Å². The molecule has 0 fully saturated rings. The highest BCUT2D eigenvalue weighted by atomic mass is 127. The van der Waals surface area contributed by atoms with Gasteiger partial charge < -0.3 is 24.8 Å². The lowest BCUT2D eigenvalue weighted by molar-refractivity contribution is 0.129. The van der Waals surface area contributed by atoms with E-state index < -0.39 is 0 Å². The van der Waals surface area contributed by atoms with Gasteiger partial charge in [0.2, 0.25) is 5.88 Å². The van der Waals surface area contributed by atoms with E-state index in [0.29, 0.717) is 38.1 Å². The Morgan fingerprint density at radius 1 is 1.03 bits per heavy atom. The van der Waals surface area contributed by atoms with Crippen LogP contribution in [0.15, 0.2) is 47.6 Å². The lowest BCUT2D eigenvalue weighted by Gasteiger charge is -2.23. The Morgan fingerprint density at radius 2 is 1.77 bits per heavy atom. The van der Waals surface area contributed by atoms with Gasteiger partial charge in [0.15, 0.2) is 5.96 Å². The van der Waals surface area contributed by atoms with Crippen LogP contribution in [0.5, 0.6) is 11.6 Å². The molecule has 0 spiro atoms. The Bertz CT molecular complexity index is 777. The Balaban J connectivity index is 0.00000450. The molecule has 0 aliphatic rings. The second kappa shape index (κ2) is 13.3. The van der Waals surface area contributed by atoms with Crippen molar-refractivity contribution in [2.45, 2.75) is 39.5 Å². The second-order valence-electron chi connectivity index (χ2n) is 7.45. The third-order valence-corrected chi connectivity index (χ3v) is 3.85. The zero-order valence-electron chi connectivity index (χ0n) is 18.4. The number of benzene rings is 1. The number of aromatic nitrogens is 1. The van der Waals surface area contributed by atoms with Crippen molar-refractivity contribution in [1.82, 2.24) is 15.6 Å². The van der Waals surface area contributed by atoms with Crippen molar-refractivity contribution in [3.05, 3.63) is 53.7 Å². The number of halogens is 1. The summed E-state index contributed by atoms with van der Waals surface area (Å²) in [6.07, 6.45) is 1.79. The van der Waals surface area contributed by atoms with Crippen LogP contribution < -0.4 is 20.1 Å². The molecule has 0 atom stereocenters. The first-order valence-corrected chi connectivity index (χ1v) is 9.69. The van der Waals surface area contributed by atoms with E-state index in [1.807, 2.05) is 57.2 Å². The monoisotopic (exact) mass is 528 g/mol. The third-order valence-electron chi connectivity index (χ3n) is 3.85. The number of nitrogens with one attached hydrogen (secondary N) is 2. The van der Waals surface area contributed by atoms with Crippen molar-refractivity contribution >= 4 is 29.9 Å². The molecule has 1 heterocycles. The van der Waals surface area contributed by atoms with Gasteiger partial charge in [-0.15, -0.1) is 24.0 Å². The van der Waals surface area contributed by atoms with Crippen LogP contribution in [0.2, 0.25) is 0 Å². The van der Waals surface area contributed by atoms with Crippen LogP contribution in [-0.2, 0) is 17.8 Å². The number of methoxy groups -OCH3 is 1. The molecule has 0 amide bonds. The average molecular weight is 528 g/mol. The number of ether oxygens (including phenoxy) is 3. The molecule has 30 heavy (non-hydrogen) atoms. The highest BCUT2D eigenvalue weighted by Gasteiger charge is 2.14. The van der Waals surface area contributed by atoms with Crippen molar-refractivity contribution in [3.8, 4) is 11.6 Å². The zero-order chi connectivity index (χ0) is 21.1. The molecule has 2 aromatic rings. The van der Waals surface area contributed by atoms with E-state index in [1.54, 1.807) is 20.4 Å². The average Bonchev–Trinajstić information content (AvgIpc) is 2.69. The SMILES string of the molecule is CN=C(NCc1ccc(OCCOC)nc1)NCc1ccccc1OC(C)(C)C.I. The molecule has 0 saturated heterocycles. The summed E-state index contributed by atoms with van der Waals surface area (Å²) in [4.78, 5) is 8.58. The molecular formula is C22H33IN4O3. The van der Waals surface area contributed by atoms with Crippen LogP contribution in [0.1, 0.15) is 31.9 Å². The molecule has 2 rings (SSSR count). The highest BCUT2D eigenvalue weighted by Crippen LogP contribution is 2.22. The van der Waals surface area contributed by atoms with Gasteiger partial charge in [0, 0.05) is 45.1 Å². The van der Waals surface area contributed by atoms with Gasteiger partial charge in [0.25, 0.3) is 0 Å². The predicted octanol–water partition coefficient (Wildman–Crippen LogP) is 3.77. The third kappa shape index (κ3) is 9.62. The minimum Gasteiger partial charge on any atom is -0.488 e. The minimum atomic E-state index is -0.248. The topological polar surface area (TPSA) is 77.0 Å². The summed E-state index contributed by atoms with van der Waals surface area (Å²) < 4.78 is 16.5. The first-order chi connectivity index (χ1) is 13.9. The zero-order valence-corrected chi connectivity index (χ0v) is 20.7. The van der Waals surface area contributed by atoms with Crippen LogP contribution in [0.25, 0.3) is 0 Å². The molecule has 0 aliphatic carbocycles. The molecule has 166 valence electrons. The molecular weight excluding hydrogens is 495 g/mol. The molecule has 0 unspecified atom stereocenters. The Kier molecular flexibility index (Phi) is 11.5. The van der Waals surface area contributed by atoms with Gasteiger partial charge in [0.05, 0.1) is 6.61 Å². The van der Waals surface area contributed by atoms with Crippen molar-refractivity contribution < 1.29 is 14.2 Å². The molecule has 1 aromatic carbocycles. The number of para-hydroxylation sites is 1. The fourth-order valence-corrected chi connectivity index (χ4v) is 2.50. The summed E-state index contributed by atoms with van der Waals surface area (Å²) in [7, 11) is 3.39. The standard InChI is InChI=1S/C22H32N4O3.HI/c1-22(2,3)29-19-9-7-6-8-18(19)16-26-21(23-4)25-15-17-10-11-20(24-14-17)28-13-12-27-5;/h6-11,14H,12-13,15-16H2,1-5H3,(H2,23,25,26);1H. The van der Waals surface area contributed by atoms with Crippen LogP contribution in [0.4, 0.5) is 0 Å². The van der Waals surface area contributed by atoms with E-state index in [2.05, 4.69) is 20.6 Å². The van der Waals surface area contributed by atoms with Gasteiger partial charge in [-0.2, -0.15) is 0 Å². The predicted molar refractivity (Wildman–Crippen MR) is 131 cm³/mol. The second-order valence-corrected chi connectivity index (χ2v) is 7.45. The summed E-state index contributed by atoms with van der Waals surface area (Å²) in [5.74, 6) is 2.16. The quantitative estimate of drug-likeness (QED) is 0.224. The maximum absolute atomic E-state index is 6.05. The molecule has 0 aliphatic heterocycles. The van der Waals surface area contributed by atoms with Crippen molar-refractivity contribution in [1.29, 1.82) is 0 Å². The number of aliphatic imine (C=N–C) groups is 1. The molecule has 2 N–H and O–H groups in total. The van der Waals surface area contributed by atoms with Crippen molar-refractivity contribution in [2.24, 2.45) is 4.99 Å². The van der Waals surface area contributed by atoms with Gasteiger partial charge in [-0.25, -0.2) is 4.98 Å². The number of pyridine rings is 1. The molecule has 0 bridgehead atoms. The molecule has 0 saturated carbocycles. The lowest BCUT2D eigenvalue weighted by atomic mass is 10.1. The molecule has 0 radical (unpaired) electrons. The summed E-state index contributed by atoms with van der Waals surface area (Å²) in [6.45, 7) is 8.36. The number of nitrogens with zero attached hydrogens (tertiary/aromatic N) is 2. The van der Waals surface area contributed by atoms with E-state index in [1.165, 1.54) is 0 Å². The van der Waals surface area contributed by atoms with Crippen molar-refractivity contribution in [2.75, 3.05) is 27.4 Å². The number of rotatable bonds is 9. The molecule has 1 aromatic heterocycles. The minimum absolute atomic E-state index is 0. The number of hydrogen-bond donors (Lipinski definition) is 2. The van der Waals surface area contributed by atoms with E-state index >= 15 is 0 Å².